The van der Waals surface area contributed by atoms with E-state index in [-0.39, 0.29) is 17.7 Å². The predicted molar refractivity (Wildman–Crippen MR) is 118 cm³/mol. The van der Waals surface area contributed by atoms with Crippen molar-refractivity contribution >= 4 is 10.9 Å². The smallest absolute Gasteiger partial charge is 0.261 e. The number of β-amino-alcohol motifs (C(OH)–C–C–N with tert-alkyl or cyclic N) is 1. The van der Waals surface area contributed by atoms with E-state index >= 15 is 0 Å². The molecule has 2 aromatic carbocycles. The molecular formula is C23H29N3O4. The van der Waals surface area contributed by atoms with Gasteiger partial charge in [0, 0.05) is 24.7 Å². The van der Waals surface area contributed by atoms with Gasteiger partial charge in [0.05, 0.1) is 18.0 Å². The molecule has 0 saturated carbocycles. The molecule has 1 aromatic heterocycles. The summed E-state index contributed by atoms with van der Waals surface area (Å²) in [5.41, 5.74) is 1.22. The fraction of sp³-hybridized carbons (Fsp3) is 0.391. The Bertz CT molecular complexity index is 1070. The zero-order valence-electron chi connectivity index (χ0n) is 18.1. The molecule has 7 heteroatoms. The number of rotatable bonds is 7. The highest BCUT2D eigenvalue weighted by atomic mass is 16.5. The van der Waals surface area contributed by atoms with Gasteiger partial charge in [-0.15, -0.1) is 0 Å². The van der Waals surface area contributed by atoms with E-state index in [1.165, 1.54) is 4.57 Å². The van der Waals surface area contributed by atoms with Crippen molar-refractivity contribution in [3.63, 3.8) is 0 Å². The molecule has 30 heavy (non-hydrogen) atoms. The van der Waals surface area contributed by atoms with Crippen LogP contribution in [0, 0.1) is 0 Å². The van der Waals surface area contributed by atoms with Gasteiger partial charge in [0.25, 0.3) is 5.56 Å². The van der Waals surface area contributed by atoms with E-state index in [0.717, 1.165) is 5.56 Å². The van der Waals surface area contributed by atoms with Gasteiger partial charge in [-0.25, -0.2) is 4.98 Å². The zero-order chi connectivity index (χ0) is 21.9. The average Bonchev–Trinajstić information content (AvgIpc) is 2.73. The number of benzene rings is 2. The van der Waals surface area contributed by atoms with Gasteiger partial charge >= 0.3 is 0 Å². The fourth-order valence-electron chi connectivity index (χ4n) is 3.01. The van der Waals surface area contributed by atoms with Crippen molar-refractivity contribution < 1.29 is 14.6 Å². The van der Waals surface area contributed by atoms with Gasteiger partial charge in [0.15, 0.2) is 0 Å². The lowest BCUT2D eigenvalue weighted by atomic mass is 10.1. The summed E-state index contributed by atoms with van der Waals surface area (Å²) in [7, 11) is 3.27. The highest BCUT2D eigenvalue weighted by Crippen LogP contribution is 2.23. The summed E-state index contributed by atoms with van der Waals surface area (Å²) in [5, 5.41) is 13.8. The second-order valence-corrected chi connectivity index (χ2v) is 8.30. The van der Waals surface area contributed by atoms with Gasteiger partial charge in [-0.3, -0.25) is 9.36 Å². The summed E-state index contributed by atoms with van der Waals surface area (Å²) in [4.78, 5) is 17.4. The van der Waals surface area contributed by atoms with Crippen LogP contribution < -0.4 is 20.3 Å². The highest BCUT2D eigenvalue weighted by Gasteiger charge is 2.14. The molecule has 0 aliphatic rings. The van der Waals surface area contributed by atoms with Crippen LogP contribution >= 0.6 is 0 Å². The van der Waals surface area contributed by atoms with Crippen LogP contribution in [-0.4, -0.2) is 46.6 Å². The van der Waals surface area contributed by atoms with Crippen LogP contribution in [0.4, 0.5) is 0 Å². The number of nitrogens with one attached hydrogen (secondary N) is 1. The molecule has 0 aliphatic heterocycles. The summed E-state index contributed by atoms with van der Waals surface area (Å²) in [6.45, 7) is 6.78. The number of aliphatic hydroxyl groups excluding tert-OH is 1. The summed E-state index contributed by atoms with van der Waals surface area (Å²) in [6, 6.07) is 12.6. The predicted octanol–water partition coefficient (Wildman–Crippen LogP) is 2.74. The quantitative estimate of drug-likeness (QED) is 0.622. The Balaban J connectivity index is 1.75. The Labute approximate surface area is 176 Å². The maximum atomic E-state index is 12.8. The molecule has 0 unspecified atom stereocenters. The van der Waals surface area contributed by atoms with Crippen molar-refractivity contribution in [3.05, 3.63) is 52.8 Å². The van der Waals surface area contributed by atoms with Gasteiger partial charge < -0.3 is 19.9 Å². The molecule has 7 nitrogen and oxygen atoms in total. The van der Waals surface area contributed by atoms with Gasteiger partial charge in [0.1, 0.15) is 30.0 Å². The number of aromatic nitrogens is 2. The van der Waals surface area contributed by atoms with Gasteiger partial charge in [-0.1, -0.05) is 0 Å². The third-order valence-electron chi connectivity index (χ3n) is 4.71. The summed E-state index contributed by atoms with van der Waals surface area (Å²) < 4.78 is 12.4. The Hall–Kier alpha value is -2.90. The lowest BCUT2D eigenvalue weighted by Gasteiger charge is -2.23. The Morgan fingerprint density at radius 1 is 1.13 bits per heavy atom. The van der Waals surface area contributed by atoms with Crippen LogP contribution in [0.1, 0.15) is 20.8 Å². The summed E-state index contributed by atoms with van der Waals surface area (Å²) in [5.74, 6) is 1.83. The van der Waals surface area contributed by atoms with Crippen molar-refractivity contribution in [1.82, 2.24) is 14.9 Å². The molecule has 2 N–H and O–H groups in total. The lowest BCUT2D eigenvalue weighted by Crippen LogP contribution is -2.42. The topological polar surface area (TPSA) is 85.6 Å². The number of hydrogen-bond donors (Lipinski definition) is 2. The van der Waals surface area contributed by atoms with Gasteiger partial charge in [-0.05, 0) is 63.2 Å². The third-order valence-corrected chi connectivity index (χ3v) is 4.71. The number of hydrogen-bond acceptors (Lipinski definition) is 6. The Kier molecular flexibility index (Phi) is 6.43. The average molecular weight is 412 g/mol. The van der Waals surface area contributed by atoms with E-state index in [2.05, 4.69) is 10.3 Å². The Morgan fingerprint density at radius 2 is 1.80 bits per heavy atom. The lowest BCUT2D eigenvalue weighted by molar-refractivity contribution is 0.100. The molecule has 0 aliphatic carbocycles. The van der Waals surface area contributed by atoms with E-state index in [0.29, 0.717) is 34.8 Å². The van der Waals surface area contributed by atoms with E-state index in [1.54, 1.807) is 32.4 Å². The summed E-state index contributed by atoms with van der Waals surface area (Å²) in [6.07, 6.45) is -0.608. The van der Waals surface area contributed by atoms with Crippen molar-refractivity contribution in [1.29, 1.82) is 0 Å². The number of fused-ring (bicyclic) bond motifs is 1. The Morgan fingerprint density at radius 3 is 2.43 bits per heavy atom. The zero-order valence-corrected chi connectivity index (χ0v) is 18.1. The van der Waals surface area contributed by atoms with Crippen LogP contribution in [-0.2, 0) is 7.05 Å². The van der Waals surface area contributed by atoms with Crippen LogP contribution in [0.3, 0.4) is 0 Å². The van der Waals surface area contributed by atoms with E-state index in [9.17, 15) is 9.90 Å². The second kappa shape index (κ2) is 8.85. The van der Waals surface area contributed by atoms with E-state index < -0.39 is 6.10 Å². The third kappa shape index (κ3) is 5.17. The minimum absolute atomic E-state index is 0.0590. The molecule has 0 radical (unpaired) electrons. The SMILES string of the molecule is COc1ccc2nc(-c3ccc(OC[C@@H](O)CNC(C)(C)C)cc3)n(C)c(=O)c2c1. The highest BCUT2D eigenvalue weighted by molar-refractivity contribution is 5.81. The van der Waals surface area contributed by atoms with Crippen molar-refractivity contribution in [3.8, 4) is 22.9 Å². The van der Waals surface area contributed by atoms with Crippen molar-refractivity contribution in [2.75, 3.05) is 20.3 Å². The monoisotopic (exact) mass is 411 g/mol. The number of methoxy groups -OCH3 is 1. The minimum atomic E-state index is -0.608. The number of nitrogens with zero attached hydrogens (tertiary/aromatic N) is 2. The van der Waals surface area contributed by atoms with Crippen LogP contribution in [0.25, 0.3) is 22.3 Å². The van der Waals surface area contributed by atoms with Gasteiger partial charge in [0.2, 0.25) is 0 Å². The first-order valence-electron chi connectivity index (χ1n) is 9.89. The normalized spacial score (nSPS) is 12.7. The molecule has 0 bridgehead atoms. The molecule has 3 aromatic rings. The molecule has 0 spiro atoms. The maximum absolute atomic E-state index is 12.8. The molecule has 0 amide bonds. The first kappa shape index (κ1) is 21.8. The molecule has 1 atom stereocenters. The minimum Gasteiger partial charge on any atom is -0.497 e. The fourth-order valence-corrected chi connectivity index (χ4v) is 3.01. The maximum Gasteiger partial charge on any atom is 0.261 e. The molecule has 160 valence electrons. The van der Waals surface area contributed by atoms with Gasteiger partial charge in [-0.2, -0.15) is 0 Å². The number of ether oxygens (including phenoxy) is 2. The largest absolute Gasteiger partial charge is 0.497 e. The second-order valence-electron chi connectivity index (χ2n) is 8.30. The van der Waals surface area contributed by atoms with E-state index in [4.69, 9.17) is 9.47 Å². The molecule has 1 heterocycles. The van der Waals surface area contributed by atoms with Crippen LogP contribution in [0.2, 0.25) is 0 Å². The molecule has 0 saturated heterocycles. The van der Waals surface area contributed by atoms with Crippen molar-refractivity contribution in [2.24, 2.45) is 7.05 Å². The standard InChI is InChI=1S/C23H29N3O4/c1-23(2,3)24-13-16(27)14-30-17-8-6-15(7-9-17)21-25-20-11-10-18(29-5)12-19(20)22(28)26(21)4/h6-12,16,24,27H,13-14H2,1-5H3/t16-/m0/s1. The first-order chi connectivity index (χ1) is 14.2. The summed E-state index contributed by atoms with van der Waals surface area (Å²) >= 11 is 0. The molecule has 3 rings (SSSR count). The van der Waals surface area contributed by atoms with Crippen LogP contribution in [0.15, 0.2) is 47.3 Å². The molecular weight excluding hydrogens is 382 g/mol. The van der Waals surface area contributed by atoms with E-state index in [1.807, 2.05) is 45.0 Å². The first-order valence-corrected chi connectivity index (χ1v) is 9.89. The number of aliphatic hydroxyl groups is 1. The van der Waals surface area contributed by atoms with Crippen molar-refractivity contribution in [2.45, 2.75) is 32.4 Å². The molecule has 0 fully saturated rings. The van der Waals surface area contributed by atoms with Crippen LogP contribution in [0.5, 0.6) is 11.5 Å².